The zero-order valence-corrected chi connectivity index (χ0v) is 11.2. The molecule has 0 bridgehead atoms. The first kappa shape index (κ1) is 12.1. The van der Waals surface area contributed by atoms with Crippen molar-refractivity contribution in [3.8, 4) is 17.2 Å². The maximum Gasteiger partial charge on any atom is 0.258 e. The Morgan fingerprint density at radius 1 is 1.47 bits per heavy atom. The molecule has 0 spiro atoms. The minimum Gasteiger partial charge on any atom is -0.507 e. The first-order chi connectivity index (χ1) is 8.11. The van der Waals surface area contributed by atoms with E-state index in [1.54, 1.807) is 12.1 Å². The van der Waals surface area contributed by atoms with E-state index in [4.69, 9.17) is 4.52 Å². The molecule has 0 fully saturated rings. The number of hydrogen-bond acceptors (Lipinski definition) is 4. The van der Waals surface area contributed by atoms with Gasteiger partial charge in [0.15, 0.2) is 5.82 Å². The van der Waals surface area contributed by atoms with Gasteiger partial charge < -0.3 is 9.63 Å². The first-order valence-electron chi connectivity index (χ1n) is 5.44. The summed E-state index contributed by atoms with van der Waals surface area (Å²) >= 11 is 3.22. The van der Waals surface area contributed by atoms with E-state index < -0.39 is 0 Å². The molecule has 4 nitrogen and oxygen atoms in total. The van der Waals surface area contributed by atoms with Gasteiger partial charge in [0.25, 0.3) is 5.89 Å². The molecule has 1 heterocycles. The fourth-order valence-corrected chi connectivity index (χ4v) is 1.63. The fraction of sp³-hybridized carbons (Fsp3) is 0.333. The lowest BCUT2D eigenvalue weighted by Crippen LogP contribution is -1.93. The zero-order chi connectivity index (χ0) is 12.4. The summed E-state index contributed by atoms with van der Waals surface area (Å²) in [6.07, 6.45) is 0.963. The average Bonchev–Trinajstić information content (AvgIpc) is 2.81. The van der Waals surface area contributed by atoms with Crippen molar-refractivity contribution in [3.63, 3.8) is 0 Å². The highest BCUT2D eigenvalue weighted by molar-refractivity contribution is 9.10. The molecule has 17 heavy (non-hydrogen) atoms. The number of aromatic hydroxyl groups is 1. The molecule has 1 unspecified atom stereocenters. The second-order valence-electron chi connectivity index (χ2n) is 3.93. The van der Waals surface area contributed by atoms with Crippen molar-refractivity contribution in [1.82, 2.24) is 10.1 Å². The summed E-state index contributed by atoms with van der Waals surface area (Å²) in [6.45, 7) is 4.12. The van der Waals surface area contributed by atoms with E-state index in [-0.39, 0.29) is 11.7 Å². The number of phenolic OH excluding ortho intramolecular Hbond substituents is 1. The minimum absolute atomic E-state index is 0.158. The largest absolute Gasteiger partial charge is 0.507 e. The van der Waals surface area contributed by atoms with Gasteiger partial charge in [0.05, 0.1) is 4.47 Å². The summed E-state index contributed by atoms with van der Waals surface area (Å²) in [5, 5.41) is 13.5. The van der Waals surface area contributed by atoms with Gasteiger partial charge in [-0.3, -0.25) is 0 Å². The third-order valence-corrected chi connectivity index (χ3v) is 3.36. The van der Waals surface area contributed by atoms with Crippen LogP contribution in [0.15, 0.2) is 27.2 Å². The Hall–Kier alpha value is -1.36. The summed E-state index contributed by atoms with van der Waals surface area (Å²) in [7, 11) is 0. The Morgan fingerprint density at radius 2 is 2.24 bits per heavy atom. The third kappa shape index (κ3) is 2.49. The molecular weight excluding hydrogens is 284 g/mol. The average molecular weight is 297 g/mol. The highest BCUT2D eigenvalue weighted by Gasteiger charge is 2.14. The number of aromatic nitrogens is 2. The van der Waals surface area contributed by atoms with Gasteiger partial charge in [0, 0.05) is 11.5 Å². The van der Waals surface area contributed by atoms with Crippen molar-refractivity contribution in [2.45, 2.75) is 26.2 Å². The predicted molar refractivity (Wildman–Crippen MR) is 67.8 cm³/mol. The summed E-state index contributed by atoms with van der Waals surface area (Å²) in [6, 6.07) is 5.16. The second kappa shape index (κ2) is 4.87. The third-order valence-electron chi connectivity index (χ3n) is 2.69. The summed E-state index contributed by atoms with van der Waals surface area (Å²) in [5.74, 6) is 1.57. The predicted octanol–water partition coefficient (Wildman–Crippen LogP) is 3.72. The van der Waals surface area contributed by atoms with E-state index >= 15 is 0 Å². The van der Waals surface area contributed by atoms with E-state index in [0.29, 0.717) is 21.8 Å². The maximum atomic E-state index is 9.59. The van der Waals surface area contributed by atoms with Crippen LogP contribution in [0.2, 0.25) is 0 Å². The van der Waals surface area contributed by atoms with Crippen LogP contribution in [0.4, 0.5) is 0 Å². The molecule has 1 N–H and O–H groups in total. The summed E-state index contributed by atoms with van der Waals surface area (Å²) in [5.41, 5.74) is 0.716. The quantitative estimate of drug-likeness (QED) is 0.938. The lowest BCUT2D eigenvalue weighted by molar-refractivity contribution is 0.416. The summed E-state index contributed by atoms with van der Waals surface area (Å²) in [4.78, 5) is 4.32. The molecule has 0 aliphatic heterocycles. The number of nitrogens with zero attached hydrogens (tertiary/aromatic N) is 2. The molecular formula is C12H13BrN2O2. The van der Waals surface area contributed by atoms with Crippen LogP contribution in [-0.4, -0.2) is 15.2 Å². The van der Waals surface area contributed by atoms with Gasteiger partial charge >= 0.3 is 0 Å². The molecule has 2 rings (SSSR count). The van der Waals surface area contributed by atoms with Crippen molar-refractivity contribution >= 4 is 15.9 Å². The number of phenols is 1. The van der Waals surface area contributed by atoms with Crippen LogP contribution in [0.25, 0.3) is 11.5 Å². The van der Waals surface area contributed by atoms with Gasteiger partial charge in [0.1, 0.15) is 5.75 Å². The van der Waals surface area contributed by atoms with Gasteiger partial charge in [-0.1, -0.05) is 19.0 Å². The minimum atomic E-state index is 0.158. The van der Waals surface area contributed by atoms with Crippen molar-refractivity contribution in [2.75, 3.05) is 0 Å². The zero-order valence-electron chi connectivity index (χ0n) is 9.64. The molecule has 90 valence electrons. The van der Waals surface area contributed by atoms with Crippen molar-refractivity contribution in [2.24, 2.45) is 0 Å². The van der Waals surface area contributed by atoms with Crippen LogP contribution in [0.5, 0.6) is 5.75 Å². The molecule has 0 aliphatic carbocycles. The number of hydrogen-bond donors (Lipinski definition) is 1. The van der Waals surface area contributed by atoms with E-state index in [0.717, 1.165) is 6.42 Å². The van der Waals surface area contributed by atoms with E-state index in [9.17, 15) is 5.11 Å². The van der Waals surface area contributed by atoms with Gasteiger partial charge in [-0.15, -0.1) is 0 Å². The van der Waals surface area contributed by atoms with Crippen LogP contribution >= 0.6 is 15.9 Å². The Labute approximate surface area is 108 Å². The van der Waals surface area contributed by atoms with Gasteiger partial charge in [-0.05, 0) is 40.5 Å². The van der Waals surface area contributed by atoms with Crippen LogP contribution in [-0.2, 0) is 0 Å². The van der Waals surface area contributed by atoms with Crippen LogP contribution in [0.3, 0.4) is 0 Å². The molecule has 0 radical (unpaired) electrons. The first-order valence-corrected chi connectivity index (χ1v) is 6.23. The topological polar surface area (TPSA) is 59.2 Å². The van der Waals surface area contributed by atoms with Crippen molar-refractivity contribution < 1.29 is 9.63 Å². The monoisotopic (exact) mass is 296 g/mol. The lowest BCUT2D eigenvalue weighted by Gasteiger charge is -1.99. The number of halogens is 1. The molecule has 1 aromatic heterocycles. The molecule has 1 atom stereocenters. The fourth-order valence-electron chi connectivity index (χ4n) is 1.38. The Morgan fingerprint density at radius 3 is 2.88 bits per heavy atom. The maximum absolute atomic E-state index is 9.59. The standard InChI is InChI=1S/C12H13BrN2O2/c1-3-7(2)11-14-12(17-15-11)8-4-5-9(13)10(16)6-8/h4-7,16H,3H2,1-2H3. The van der Waals surface area contributed by atoms with Crippen LogP contribution < -0.4 is 0 Å². The summed E-state index contributed by atoms with van der Waals surface area (Å²) < 4.78 is 5.82. The highest BCUT2D eigenvalue weighted by atomic mass is 79.9. The van der Waals surface area contributed by atoms with E-state index in [2.05, 4.69) is 33.0 Å². The Kier molecular flexibility index (Phi) is 3.47. The van der Waals surface area contributed by atoms with Crippen LogP contribution in [0.1, 0.15) is 32.0 Å². The normalized spacial score (nSPS) is 12.6. The lowest BCUT2D eigenvalue weighted by atomic mass is 10.1. The van der Waals surface area contributed by atoms with Crippen molar-refractivity contribution in [3.05, 3.63) is 28.5 Å². The molecule has 0 saturated carbocycles. The van der Waals surface area contributed by atoms with E-state index in [1.165, 1.54) is 0 Å². The van der Waals surface area contributed by atoms with Gasteiger partial charge in [-0.25, -0.2) is 0 Å². The van der Waals surface area contributed by atoms with Gasteiger partial charge in [0.2, 0.25) is 0 Å². The SMILES string of the molecule is CCC(C)c1noc(-c2ccc(Br)c(O)c2)n1. The Bertz CT molecular complexity index is 525. The number of rotatable bonds is 3. The highest BCUT2D eigenvalue weighted by Crippen LogP contribution is 2.29. The Balaban J connectivity index is 2.33. The van der Waals surface area contributed by atoms with E-state index in [1.807, 2.05) is 13.0 Å². The molecule has 5 heteroatoms. The molecule has 2 aromatic rings. The second-order valence-corrected chi connectivity index (χ2v) is 4.79. The molecule has 0 amide bonds. The molecule has 1 aromatic carbocycles. The molecule has 0 saturated heterocycles. The van der Waals surface area contributed by atoms with Crippen LogP contribution in [0, 0.1) is 0 Å². The van der Waals surface area contributed by atoms with Gasteiger partial charge in [-0.2, -0.15) is 4.98 Å². The smallest absolute Gasteiger partial charge is 0.258 e. The number of benzene rings is 1. The van der Waals surface area contributed by atoms with Crippen molar-refractivity contribution in [1.29, 1.82) is 0 Å². The molecule has 0 aliphatic rings.